The molecule has 1 amide bonds. The van der Waals surface area contributed by atoms with E-state index in [1.165, 1.54) is 12.8 Å². The smallest absolute Gasteiger partial charge is 0.226 e. The first-order chi connectivity index (χ1) is 8.94. The zero-order valence-corrected chi connectivity index (χ0v) is 14.9. The highest BCUT2D eigenvalue weighted by atomic mass is 16.2. The summed E-state index contributed by atoms with van der Waals surface area (Å²) in [7, 11) is 0. The number of rotatable bonds is 2. The Morgan fingerprint density at radius 2 is 1.40 bits per heavy atom. The maximum absolute atomic E-state index is 12.9. The van der Waals surface area contributed by atoms with Crippen LogP contribution in [0.4, 0.5) is 0 Å². The van der Waals surface area contributed by atoms with Gasteiger partial charge in [-0.25, -0.2) is 0 Å². The van der Waals surface area contributed by atoms with Gasteiger partial charge in [0.15, 0.2) is 0 Å². The number of hydrogen-bond acceptors (Lipinski definition) is 1. The van der Waals surface area contributed by atoms with Crippen molar-refractivity contribution in [3.8, 4) is 0 Å². The highest BCUT2D eigenvalue weighted by Crippen LogP contribution is 2.40. The maximum atomic E-state index is 12.9. The second-order valence-electron chi connectivity index (χ2n) is 8.89. The summed E-state index contributed by atoms with van der Waals surface area (Å²) in [6.07, 6.45) is 4.55. The molecule has 0 aliphatic heterocycles. The van der Waals surface area contributed by atoms with Crippen LogP contribution in [0.2, 0.25) is 0 Å². The van der Waals surface area contributed by atoms with Crippen molar-refractivity contribution in [2.24, 2.45) is 17.3 Å². The van der Waals surface area contributed by atoms with Crippen LogP contribution in [0, 0.1) is 17.3 Å². The van der Waals surface area contributed by atoms with Gasteiger partial charge in [0.1, 0.15) is 0 Å². The van der Waals surface area contributed by atoms with E-state index < -0.39 is 0 Å². The number of carbonyl (C=O) groups excluding carboxylic acids is 1. The molecule has 1 saturated carbocycles. The van der Waals surface area contributed by atoms with E-state index in [0.717, 1.165) is 18.8 Å². The van der Waals surface area contributed by atoms with E-state index in [1.807, 2.05) is 0 Å². The van der Waals surface area contributed by atoms with Gasteiger partial charge >= 0.3 is 0 Å². The minimum Gasteiger partial charge on any atom is -0.335 e. The molecule has 0 heterocycles. The van der Waals surface area contributed by atoms with Crippen molar-refractivity contribution in [1.82, 2.24) is 4.90 Å². The molecule has 1 rings (SSSR count). The van der Waals surface area contributed by atoms with Crippen LogP contribution in [-0.2, 0) is 4.79 Å². The zero-order valence-electron chi connectivity index (χ0n) is 14.9. The topological polar surface area (TPSA) is 20.3 Å². The first-order valence-corrected chi connectivity index (χ1v) is 8.27. The second kappa shape index (κ2) is 6.07. The van der Waals surface area contributed by atoms with Crippen LogP contribution >= 0.6 is 0 Å². The number of amides is 1. The van der Waals surface area contributed by atoms with Crippen LogP contribution in [0.25, 0.3) is 0 Å². The molecule has 0 aromatic carbocycles. The lowest BCUT2D eigenvalue weighted by atomic mass is 9.69. The lowest BCUT2D eigenvalue weighted by Gasteiger charge is -2.43. The van der Waals surface area contributed by atoms with E-state index in [4.69, 9.17) is 0 Å². The first-order valence-electron chi connectivity index (χ1n) is 8.27. The molecule has 1 aliphatic rings. The van der Waals surface area contributed by atoms with Gasteiger partial charge in [-0.3, -0.25) is 4.79 Å². The summed E-state index contributed by atoms with van der Waals surface area (Å²) < 4.78 is 0. The molecule has 2 heteroatoms. The molecule has 0 bridgehead atoms. The molecule has 1 aliphatic carbocycles. The largest absolute Gasteiger partial charge is 0.335 e. The summed E-state index contributed by atoms with van der Waals surface area (Å²) in [6, 6.07) is 0.280. The van der Waals surface area contributed by atoms with E-state index in [-0.39, 0.29) is 17.5 Å². The van der Waals surface area contributed by atoms with E-state index in [0.29, 0.717) is 11.3 Å². The van der Waals surface area contributed by atoms with Crippen molar-refractivity contribution in [3.05, 3.63) is 0 Å². The molecular weight excluding hydrogens is 246 g/mol. The van der Waals surface area contributed by atoms with Gasteiger partial charge in [-0.15, -0.1) is 0 Å². The third kappa shape index (κ3) is 4.23. The maximum Gasteiger partial charge on any atom is 0.226 e. The Labute approximate surface area is 126 Å². The van der Waals surface area contributed by atoms with Crippen molar-refractivity contribution < 1.29 is 4.79 Å². The summed E-state index contributed by atoms with van der Waals surface area (Å²) >= 11 is 0. The third-order valence-electron chi connectivity index (χ3n) is 4.78. The van der Waals surface area contributed by atoms with E-state index in [9.17, 15) is 4.79 Å². The highest BCUT2D eigenvalue weighted by Gasteiger charge is 2.37. The normalized spacial score (nSPS) is 24.9. The van der Waals surface area contributed by atoms with Gasteiger partial charge in [-0.2, -0.15) is 0 Å². The summed E-state index contributed by atoms with van der Waals surface area (Å²) in [4.78, 5) is 15.0. The van der Waals surface area contributed by atoms with Gasteiger partial charge in [-0.05, 0) is 71.6 Å². The quantitative estimate of drug-likeness (QED) is 0.707. The molecule has 0 saturated heterocycles. The van der Waals surface area contributed by atoms with Crippen molar-refractivity contribution in [1.29, 1.82) is 0 Å². The fourth-order valence-corrected chi connectivity index (χ4v) is 3.76. The van der Waals surface area contributed by atoms with Crippen LogP contribution in [0.3, 0.4) is 0 Å². The Morgan fingerprint density at radius 3 is 1.70 bits per heavy atom. The molecule has 118 valence electrons. The van der Waals surface area contributed by atoms with Gasteiger partial charge in [0.2, 0.25) is 5.91 Å². The molecule has 2 nitrogen and oxygen atoms in total. The van der Waals surface area contributed by atoms with E-state index in [2.05, 4.69) is 60.3 Å². The van der Waals surface area contributed by atoms with Crippen molar-refractivity contribution >= 4 is 5.91 Å². The Morgan fingerprint density at radius 1 is 0.950 bits per heavy atom. The summed E-state index contributed by atoms with van der Waals surface area (Å²) in [6.45, 7) is 17.7. The second-order valence-corrected chi connectivity index (χ2v) is 8.89. The molecule has 0 radical (unpaired) electrons. The van der Waals surface area contributed by atoms with Crippen LogP contribution < -0.4 is 0 Å². The van der Waals surface area contributed by atoms with Crippen molar-refractivity contribution in [2.75, 3.05) is 0 Å². The lowest BCUT2D eigenvalue weighted by Crippen LogP contribution is -2.52. The van der Waals surface area contributed by atoms with Gasteiger partial charge in [-0.1, -0.05) is 20.8 Å². The van der Waals surface area contributed by atoms with Crippen molar-refractivity contribution in [2.45, 2.75) is 92.7 Å². The predicted octanol–water partition coefficient (Wildman–Crippen LogP) is 4.87. The van der Waals surface area contributed by atoms with Gasteiger partial charge in [0.05, 0.1) is 0 Å². The molecule has 0 spiro atoms. The Kier molecular flexibility index (Phi) is 5.32. The Hall–Kier alpha value is -0.530. The minimum absolute atomic E-state index is 0.0773. The molecule has 0 atom stereocenters. The molecule has 0 aromatic rings. The Bertz CT molecular complexity index is 324. The first kappa shape index (κ1) is 17.5. The molecular formula is C18H35NO. The molecule has 0 unspecified atom stereocenters. The summed E-state index contributed by atoms with van der Waals surface area (Å²) in [5.74, 6) is 1.39. The number of nitrogens with zero attached hydrogens (tertiary/aromatic N) is 1. The lowest BCUT2D eigenvalue weighted by molar-refractivity contribution is -0.144. The monoisotopic (exact) mass is 281 g/mol. The average molecular weight is 281 g/mol. The fraction of sp³-hybridized carbons (Fsp3) is 0.944. The SMILES string of the molecule is CC(C)N(C(=O)C1CCC(C(C)(C)C)CC1)C(C)(C)C. The van der Waals surface area contributed by atoms with E-state index >= 15 is 0 Å². The zero-order chi connectivity index (χ0) is 15.7. The standard InChI is InChI=1S/C18H35NO/c1-13(2)19(18(6,7)8)16(20)14-9-11-15(12-10-14)17(3,4)5/h13-15H,9-12H2,1-8H3. The van der Waals surface area contributed by atoms with Crippen LogP contribution in [0.1, 0.15) is 81.1 Å². The third-order valence-corrected chi connectivity index (χ3v) is 4.78. The van der Waals surface area contributed by atoms with Gasteiger partial charge in [0, 0.05) is 17.5 Å². The summed E-state index contributed by atoms with van der Waals surface area (Å²) in [5, 5.41) is 0. The molecule has 0 N–H and O–H groups in total. The number of hydrogen-bond donors (Lipinski definition) is 0. The number of carbonyl (C=O) groups is 1. The average Bonchev–Trinajstić information content (AvgIpc) is 2.25. The molecule has 0 aromatic heterocycles. The summed E-state index contributed by atoms with van der Waals surface area (Å²) in [5.41, 5.74) is 0.307. The molecule has 20 heavy (non-hydrogen) atoms. The van der Waals surface area contributed by atoms with Gasteiger partial charge < -0.3 is 4.90 Å². The van der Waals surface area contributed by atoms with Crippen LogP contribution in [0.5, 0.6) is 0 Å². The van der Waals surface area contributed by atoms with Crippen LogP contribution in [-0.4, -0.2) is 22.4 Å². The van der Waals surface area contributed by atoms with Crippen molar-refractivity contribution in [3.63, 3.8) is 0 Å². The Balaban J connectivity index is 2.71. The van der Waals surface area contributed by atoms with Crippen LogP contribution in [0.15, 0.2) is 0 Å². The minimum atomic E-state index is -0.0773. The molecule has 1 fully saturated rings. The van der Waals surface area contributed by atoms with E-state index in [1.54, 1.807) is 0 Å². The van der Waals surface area contributed by atoms with Gasteiger partial charge in [0.25, 0.3) is 0 Å². The highest BCUT2D eigenvalue weighted by molar-refractivity contribution is 5.80. The predicted molar refractivity (Wildman–Crippen MR) is 86.6 cm³/mol. The fourth-order valence-electron chi connectivity index (χ4n) is 3.76.